The molecule has 0 aliphatic carbocycles. The summed E-state index contributed by atoms with van der Waals surface area (Å²) in [5, 5.41) is 6.34. The van der Waals surface area contributed by atoms with E-state index in [9.17, 15) is 12.8 Å². The van der Waals surface area contributed by atoms with Gasteiger partial charge in [-0.15, -0.1) is 0 Å². The van der Waals surface area contributed by atoms with Crippen molar-refractivity contribution in [3.63, 3.8) is 0 Å². The van der Waals surface area contributed by atoms with Crippen LogP contribution in [0.3, 0.4) is 0 Å². The largest absolute Gasteiger partial charge is 0.396 e. The molecule has 1 heterocycles. The number of sulfonamides is 1. The Balaban J connectivity index is 2.24. The van der Waals surface area contributed by atoms with E-state index in [1.807, 2.05) is 0 Å². The number of H-pyrrole nitrogens is 1. The molecule has 0 saturated heterocycles. The van der Waals surface area contributed by atoms with Gasteiger partial charge < -0.3 is 5.73 Å². The molecule has 0 aliphatic rings. The summed E-state index contributed by atoms with van der Waals surface area (Å²) in [7, 11) is -3.74. The van der Waals surface area contributed by atoms with Gasteiger partial charge in [0.15, 0.2) is 0 Å². The number of benzene rings is 1. The molecular weight excluding hydrogens is 271 g/mol. The van der Waals surface area contributed by atoms with Crippen LogP contribution < -0.4 is 10.5 Å². The quantitative estimate of drug-likeness (QED) is 0.727. The van der Waals surface area contributed by atoms with E-state index in [1.54, 1.807) is 6.07 Å². The number of nitrogens with two attached hydrogens (primary N) is 1. The zero-order chi connectivity index (χ0) is 14.0. The van der Waals surface area contributed by atoms with Crippen LogP contribution in [0.1, 0.15) is 11.3 Å². The van der Waals surface area contributed by atoms with Crippen LogP contribution in [0.15, 0.2) is 29.3 Å². The summed E-state index contributed by atoms with van der Waals surface area (Å²) in [5.41, 5.74) is 6.04. The highest BCUT2D eigenvalue weighted by Gasteiger charge is 2.17. The van der Waals surface area contributed by atoms with Crippen LogP contribution in [0.2, 0.25) is 0 Å². The molecule has 0 amide bonds. The Kier molecular flexibility index (Phi) is 3.54. The lowest BCUT2D eigenvalue weighted by atomic mass is 10.2. The highest BCUT2D eigenvalue weighted by Crippen LogP contribution is 2.20. The standard InChI is InChI=1S/C11H13FN4O2S/c1-7-4-9(5-10(13)11(7)12)19(17,18)15-6-8-2-3-14-16-8/h2-5,15H,6,13H2,1H3,(H,14,16). The van der Waals surface area contributed by atoms with Crippen LogP contribution in [0.4, 0.5) is 10.1 Å². The van der Waals surface area contributed by atoms with Crippen molar-refractivity contribution in [2.45, 2.75) is 18.4 Å². The number of nitrogens with one attached hydrogen (secondary N) is 2. The smallest absolute Gasteiger partial charge is 0.241 e. The maximum Gasteiger partial charge on any atom is 0.241 e. The average Bonchev–Trinajstić information content (AvgIpc) is 2.86. The molecule has 0 fully saturated rings. The maximum atomic E-state index is 13.4. The van der Waals surface area contributed by atoms with E-state index in [1.165, 1.54) is 19.2 Å². The highest BCUT2D eigenvalue weighted by molar-refractivity contribution is 7.89. The lowest BCUT2D eigenvalue weighted by Gasteiger charge is -2.08. The van der Waals surface area contributed by atoms with E-state index in [4.69, 9.17) is 5.73 Å². The number of nitrogen functional groups attached to an aromatic ring is 1. The molecular formula is C11H13FN4O2S. The van der Waals surface area contributed by atoms with Crippen molar-refractivity contribution in [1.82, 2.24) is 14.9 Å². The number of hydrogen-bond acceptors (Lipinski definition) is 4. The van der Waals surface area contributed by atoms with Crippen LogP contribution in [0.25, 0.3) is 0 Å². The predicted molar refractivity (Wildman–Crippen MR) is 68.2 cm³/mol. The summed E-state index contributed by atoms with van der Waals surface area (Å²) in [5.74, 6) is -0.604. The van der Waals surface area contributed by atoms with Gasteiger partial charge in [0.05, 0.1) is 22.8 Å². The fourth-order valence-corrected chi connectivity index (χ4v) is 2.68. The molecule has 0 radical (unpaired) electrons. The summed E-state index contributed by atoms with van der Waals surface area (Å²) in [6, 6.07) is 3.98. The number of anilines is 1. The van der Waals surface area contributed by atoms with Gasteiger partial charge in [0.25, 0.3) is 0 Å². The number of halogens is 1. The fourth-order valence-electron chi connectivity index (χ4n) is 1.56. The van der Waals surface area contributed by atoms with Gasteiger partial charge in [-0.1, -0.05) is 0 Å². The molecule has 1 aromatic heterocycles. The number of nitrogens with zero attached hydrogens (tertiary/aromatic N) is 1. The zero-order valence-corrected chi connectivity index (χ0v) is 11.0. The molecule has 0 spiro atoms. The van der Waals surface area contributed by atoms with Crippen molar-refractivity contribution in [2.75, 3.05) is 5.73 Å². The van der Waals surface area contributed by atoms with E-state index in [2.05, 4.69) is 14.9 Å². The summed E-state index contributed by atoms with van der Waals surface area (Å²) in [6.45, 7) is 1.53. The average molecular weight is 284 g/mol. The Morgan fingerprint density at radius 3 is 2.79 bits per heavy atom. The normalized spacial score (nSPS) is 11.7. The molecule has 6 nitrogen and oxygen atoms in total. The van der Waals surface area contributed by atoms with E-state index < -0.39 is 15.8 Å². The van der Waals surface area contributed by atoms with E-state index in [0.29, 0.717) is 5.69 Å². The molecule has 2 aromatic rings. The first-order chi connectivity index (χ1) is 8.90. The molecule has 0 aliphatic heterocycles. The van der Waals surface area contributed by atoms with Crippen molar-refractivity contribution in [3.8, 4) is 0 Å². The Morgan fingerprint density at radius 2 is 2.21 bits per heavy atom. The minimum atomic E-state index is -3.74. The third kappa shape index (κ3) is 2.91. The van der Waals surface area contributed by atoms with Gasteiger partial charge in [0.1, 0.15) is 5.82 Å². The SMILES string of the molecule is Cc1cc(S(=O)(=O)NCc2ccn[nH]2)cc(N)c1F. The molecule has 4 N–H and O–H groups in total. The van der Waals surface area contributed by atoms with Crippen molar-refractivity contribution >= 4 is 15.7 Å². The molecule has 19 heavy (non-hydrogen) atoms. The fraction of sp³-hybridized carbons (Fsp3) is 0.182. The van der Waals surface area contributed by atoms with Gasteiger partial charge in [-0.3, -0.25) is 5.10 Å². The van der Waals surface area contributed by atoms with Gasteiger partial charge >= 0.3 is 0 Å². The molecule has 1 aromatic carbocycles. The van der Waals surface area contributed by atoms with Crippen LogP contribution in [-0.2, 0) is 16.6 Å². The van der Waals surface area contributed by atoms with Gasteiger partial charge in [-0.05, 0) is 30.7 Å². The van der Waals surface area contributed by atoms with Gasteiger partial charge in [-0.2, -0.15) is 5.10 Å². The van der Waals surface area contributed by atoms with Crippen LogP contribution in [0, 0.1) is 12.7 Å². The Morgan fingerprint density at radius 1 is 1.47 bits per heavy atom. The molecule has 102 valence electrons. The Hall–Kier alpha value is -1.93. The number of rotatable bonds is 4. The maximum absolute atomic E-state index is 13.4. The number of aromatic nitrogens is 2. The lowest BCUT2D eigenvalue weighted by Crippen LogP contribution is -2.23. The molecule has 8 heteroatoms. The predicted octanol–water partition coefficient (Wildman–Crippen LogP) is 0.918. The summed E-state index contributed by atoms with van der Waals surface area (Å²) in [6.07, 6.45) is 1.52. The van der Waals surface area contributed by atoms with E-state index in [0.717, 1.165) is 6.07 Å². The van der Waals surface area contributed by atoms with E-state index >= 15 is 0 Å². The van der Waals surface area contributed by atoms with Gasteiger partial charge in [0.2, 0.25) is 10.0 Å². The van der Waals surface area contributed by atoms with Crippen molar-refractivity contribution in [1.29, 1.82) is 0 Å². The first-order valence-corrected chi connectivity index (χ1v) is 6.92. The first-order valence-electron chi connectivity index (χ1n) is 5.43. The van der Waals surface area contributed by atoms with Gasteiger partial charge in [0, 0.05) is 6.20 Å². The highest BCUT2D eigenvalue weighted by atomic mass is 32.2. The number of aryl methyl sites for hydroxylation is 1. The van der Waals surface area contributed by atoms with Crippen molar-refractivity contribution in [3.05, 3.63) is 41.5 Å². The molecule has 2 rings (SSSR count). The Bertz CT molecular complexity index is 660. The monoisotopic (exact) mass is 284 g/mol. The van der Waals surface area contributed by atoms with E-state index in [-0.39, 0.29) is 22.7 Å². The Labute approximate surface area is 109 Å². The second kappa shape index (κ2) is 4.98. The molecule has 0 saturated carbocycles. The third-order valence-electron chi connectivity index (χ3n) is 2.58. The second-order valence-electron chi connectivity index (χ2n) is 4.05. The number of hydrogen-bond donors (Lipinski definition) is 3. The van der Waals surface area contributed by atoms with Crippen molar-refractivity contribution in [2.24, 2.45) is 0 Å². The first kappa shape index (κ1) is 13.5. The van der Waals surface area contributed by atoms with Crippen LogP contribution >= 0.6 is 0 Å². The topological polar surface area (TPSA) is 101 Å². The number of aromatic amines is 1. The van der Waals surface area contributed by atoms with Crippen LogP contribution in [0.5, 0.6) is 0 Å². The zero-order valence-electron chi connectivity index (χ0n) is 10.1. The minimum absolute atomic E-state index is 0.0663. The summed E-state index contributed by atoms with van der Waals surface area (Å²) < 4.78 is 39.8. The molecule has 0 atom stereocenters. The van der Waals surface area contributed by atoms with Crippen molar-refractivity contribution < 1.29 is 12.8 Å². The van der Waals surface area contributed by atoms with Gasteiger partial charge in [-0.25, -0.2) is 17.5 Å². The molecule has 0 unspecified atom stereocenters. The summed E-state index contributed by atoms with van der Waals surface area (Å²) >= 11 is 0. The lowest BCUT2D eigenvalue weighted by molar-refractivity contribution is 0.579. The minimum Gasteiger partial charge on any atom is -0.396 e. The summed E-state index contributed by atoms with van der Waals surface area (Å²) in [4.78, 5) is -0.0663. The second-order valence-corrected chi connectivity index (χ2v) is 5.82. The van der Waals surface area contributed by atoms with Crippen LogP contribution in [-0.4, -0.2) is 18.6 Å². The molecule has 0 bridgehead atoms. The third-order valence-corrected chi connectivity index (χ3v) is 3.96.